The van der Waals surface area contributed by atoms with Gasteiger partial charge in [0.25, 0.3) is 5.91 Å². The quantitative estimate of drug-likeness (QED) is 0.493. The first-order chi connectivity index (χ1) is 15.7. The number of aliphatic hydroxyl groups excluding tert-OH is 1. The maximum atomic E-state index is 13.2. The van der Waals surface area contributed by atoms with Crippen molar-refractivity contribution in [1.82, 2.24) is 9.80 Å². The molecule has 1 aromatic carbocycles. The van der Waals surface area contributed by atoms with E-state index in [4.69, 9.17) is 0 Å². The molecule has 0 aromatic heterocycles. The number of aromatic hydroxyl groups is 2. The van der Waals surface area contributed by atoms with Gasteiger partial charge in [0.05, 0.1) is 5.88 Å². The Kier molecular flexibility index (Phi) is 8.95. The SMILES string of the molecule is CC(C(=O)N1CSCC1C(=O)SC1CCCCC1)N(C)C(=O)C(O)Cc1ccc(O)c(O)c1. The van der Waals surface area contributed by atoms with E-state index in [1.165, 1.54) is 60.1 Å². The average Bonchev–Trinajstić information content (AvgIpc) is 3.30. The number of benzene rings is 1. The lowest BCUT2D eigenvalue weighted by Crippen LogP contribution is -2.53. The van der Waals surface area contributed by atoms with E-state index in [0.29, 0.717) is 22.4 Å². The predicted octanol–water partition coefficient (Wildman–Crippen LogP) is 2.34. The van der Waals surface area contributed by atoms with Crippen molar-refractivity contribution in [2.45, 2.75) is 68.9 Å². The van der Waals surface area contributed by atoms with Gasteiger partial charge in [0.1, 0.15) is 18.2 Å². The van der Waals surface area contributed by atoms with Gasteiger partial charge in [0.2, 0.25) is 11.0 Å². The van der Waals surface area contributed by atoms with Crippen LogP contribution in [0.5, 0.6) is 11.5 Å². The topological polar surface area (TPSA) is 118 Å². The zero-order chi connectivity index (χ0) is 24.1. The van der Waals surface area contributed by atoms with Crippen LogP contribution in [0.2, 0.25) is 0 Å². The highest BCUT2D eigenvalue weighted by Crippen LogP contribution is 2.33. The van der Waals surface area contributed by atoms with Crippen molar-refractivity contribution in [3.05, 3.63) is 23.8 Å². The van der Waals surface area contributed by atoms with Gasteiger partial charge in [-0.2, -0.15) is 0 Å². The van der Waals surface area contributed by atoms with Crippen molar-refractivity contribution in [1.29, 1.82) is 0 Å². The second-order valence-corrected chi connectivity index (χ2v) is 11.0. The molecule has 3 rings (SSSR count). The second kappa shape index (κ2) is 11.5. The molecule has 182 valence electrons. The van der Waals surface area contributed by atoms with Crippen LogP contribution >= 0.6 is 23.5 Å². The number of phenols is 2. The smallest absolute Gasteiger partial charge is 0.252 e. The summed E-state index contributed by atoms with van der Waals surface area (Å²) in [5.74, 6) is -0.603. The molecule has 2 aliphatic rings. The van der Waals surface area contributed by atoms with Gasteiger partial charge in [0.15, 0.2) is 11.5 Å². The summed E-state index contributed by atoms with van der Waals surface area (Å²) in [5.41, 5.74) is 0.472. The highest BCUT2D eigenvalue weighted by Gasteiger charge is 2.39. The molecule has 0 spiro atoms. The summed E-state index contributed by atoms with van der Waals surface area (Å²) < 4.78 is 0. The number of likely N-dealkylation sites (N-methyl/N-ethyl adjacent to an activating group) is 1. The Morgan fingerprint density at radius 2 is 1.88 bits per heavy atom. The Labute approximate surface area is 202 Å². The van der Waals surface area contributed by atoms with E-state index in [1.54, 1.807) is 11.8 Å². The van der Waals surface area contributed by atoms with E-state index in [0.717, 1.165) is 25.7 Å². The van der Waals surface area contributed by atoms with Crippen LogP contribution in [0.1, 0.15) is 44.6 Å². The first kappa shape index (κ1) is 25.7. The number of carbonyl (C=O) groups excluding carboxylic acids is 3. The van der Waals surface area contributed by atoms with Gasteiger partial charge in [-0.1, -0.05) is 37.1 Å². The van der Waals surface area contributed by atoms with Gasteiger partial charge < -0.3 is 25.1 Å². The number of thioether (sulfide) groups is 2. The summed E-state index contributed by atoms with van der Waals surface area (Å²) in [6.07, 6.45) is 4.08. The standard InChI is InChI=1S/C23H32N2O6S2/c1-14(24(2)22(30)20(28)11-15-8-9-18(26)19(27)10-15)21(29)25-13-32-12-17(25)23(31)33-16-6-4-3-5-7-16/h8-10,14,16-17,20,26-28H,3-7,11-13H2,1-2H3. The molecule has 0 bridgehead atoms. The zero-order valence-corrected chi connectivity index (χ0v) is 20.6. The number of aliphatic hydroxyl groups is 1. The zero-order valence-electron chi connectivity index (χ0n) is 19.0. The molecule has 0 radical (unpaired) electrons. The van der Waals surface area contributed by atoms with Crippen molar-refractivity contribution in [2.75, 3.05) is 18.7 Å². The van der Waals surface area contributed by atoms with Gasteiger partial charge in [-0.05, 0) is 37.5 Å². The number of phenolic OH excluding ortho intramolecular Hbond substituents is 2. The third-order valence-corrected chi connectivity index (χ3v) is 8.63. The van der Waals surface area contributed by atoms with Gasteiger partial charge in [-0.25, -0.2) is 0 Å². The molecule has 2 amide bonds. The number of carbonyl (C=O) groups is 3. The first-order valence-corrected chi connectivity index (χ1v) is 13.3. The van der Waals surface area contributed by atoms with Gasteiger partial charge in [-0.3, -0.25) is 14.4 Å². The van der Waals surface area contributed by atoms with Crippen LogP contribution in [0, 0.1) is 0 Å². The van der Waals surface area contributed by atoms with E-state index in [2.05, 4.69) is 0 Å². The monoisotopic (exact) mass is 496 g/mol. The molecule has 3 atom stereocenters. The molecule has 2 fully saturated rings. The molecular formula is C23H32N2O6S2. The molecule has 1 saturated heterocycles. The Morgan fingerprint density at radius 3 is 2.55 bits per heavy atom. The van der Waals surface area contributed by atoms with Gasteiger partial charge in [0, 0.05) is 24.5 Å². The predicted molar refractivity (Wildman–Crippen MR) is 129 cm³/mol. The van der Waals surface area contributed by atoms with E-state index in [1.807, 2.05) is 0 Å². The Balaban J connectivity index is 1.59. The van der Waals surface area contributed by atoms with Crippen molar-refractivity contribution in [3.8, 4) is 11.5 Å². The van der Waals surface area contributed by atoms with Crippen LogP contribution in [-0.4, -0.2) is 84.2 Å². The van der Waals surface area contributed by atoms with E-state index >= 15 is 0 Å². The van der Waals surface area contributed by atoms with E-state index in [-0.39, 0.29) is 28.9 Å². The van der Waals surface area contributed by atoms with Crippen LogP contribution in [0.3, 0.4) is 0 Å². The summed E-state index contributed by atoms with van der Waals surface area (Å²) in [7, 11) is 1.46. The Bertz CT molecular complexity index is 877. The van der Waals surface area contributed by atoms with E-state index < -0.39 is 24.1 Å². The lowest BCUT2D eigenvalue weighted by molar-refractivity contribution is -0.149. The van der Waals surface area contributed by atoms with Crippen molar-refractivity contribution in [2.24, 2.45) is 0 Å². The largest absolute Gasteiger partial charge is 0.504 e. The number of hydrogen-bond donors (Lipinski definition) is 3. The Hall–Kier alpha value is -1.91. The lowest BCUT2D eigenvalue weighted by atomic mass is 10.0. The minimum Gasteiger partial charge on any atom is -0.504 e. The fourth-order valence-corrected chi connectivity index (χ4v) is 6.65. The third-order valence-electron chi connectivity index (χ3n) is 6.31. The molecule has 3 unspecified atom stereocenters. The fraction of sp³-hybridized carbons (Fsp3) is 0.609. The first-order valence-electron chi connectivity index (χ1n) is 11.2. The highest BCUT2D eigenvalue weighted by molar-refractivity contribution is 8.14. The summed E-state index contributed by atoms with van der Waals surface area (Å²) in [6, 6.07) is 2.73. The molecule has 8 nitrogen and oxygen atoms in total. The molecule has 3 N–H and O–H groups in total. The number of nitrogens with zero attached hydrogens (tertiary/aromatic N) is 2. The Morgan fingerprint density at radius 1 is 1.18 bits per heavy atom. The maximum Gasteiger partial charge on any atom is 0.252 e. The maximum absolute atomic E-state index is 13.2. The minimum absolute atomic E-state index is 0.0219. The van der Waals surface area contributed by atoms with Crippen LogP contribution in [0.4, 0.5) is 0 Å². The van der Waals surface area contributed by atoms with Gasteiger partial charge in [-0.15, -0.1) is 11.8 Å². The minimum atomic E-state index is -1.42. The summed E-state index contributed by atoms with van der Waals surface area (Å²) in [5, 5.41) is 29.8. The molecular weight excluding hydrogens is 464 g/mol. The molecule has 1 aliphatic carbocycles. The van der Waals surface area contributed by atoms with Crippen molar-refractivity contribution >= 4 is 40.5 Å². The van der Waals surface area contributed by atoms with Crippen LogP contribution < -0.4 is 0 Å². The fourth-order valence-electron chi connectivity index (χ4n) is 4.12. The molecule has 1 aliphatic heterocycles. The van der Waals surface area contributed by atoms with Crippen LogP contribution in [-0.2, 0) is 20.8 Å². The molecule has 33 heavy (non-hydrogen) atoms. The molecule has 1 heterocycles. The van der Waals surface area contributed by atoms with Crippen LogP contribution in [0.15, 0.2) is 18.2 Å². The van der Waals surface area contributed by atoms with Crippen molar-refractivity contribution < 1.29 is 29.7 Å². The van der Waals surface area contributed by atoms with Gasteiger partial charge >= 0.3 is 0 Å². The summed E-state index contributed by atoms with van der Waals surface area (Å²) in [6.45, 7) is 1.60. The molecule has 1 saturated carbocycles. The van der Waals surface area contributed by atoms with Crippen molar-refractivity contribution in [3.63, 3.8) is 0 Å². The molecule has 1 aromatic rings. The number of hydrogen-bond acceptors (Lipinski definition) is 8. The van der Waals surface area contributed by atoms with Crippen LogP contribution in [0.25, 0.3) is 0 Å². The second-order valence-electron chi connectivity index (χ2n) is 8.69. The normalized spacial score (nSPS) is 20.9. The lowest BCUT2D eigenvalue weighted by Gasteiger charge is -2.32. The average molecular weight is 497 g/mol. The number of amides is 2. The highest BCUT2D eigenvalue weighted by atomic mass is 32.2. The summed E-state index contributed by atoms with van der Waals surface area (Å²) in [4.78, 5) is 41.6. The summed E-state index contributed by atoms with van der Waals surface area (Å²) >= 11 is 2.90. The molecule has 10 heteroatoms. The third kappa shape index (κ3) is 6.36. The van der Waals surface area contributed by atoms with E-state index in [9.17, 15) is 29.7 Å². The number of rotatable bonds is 7.